The molecule has 6 rings (SSSR count). The van der Waals surface area contributed by atoms with Gasteiger partial charge in [0.1, 0.15) is 67.5 Å². The van der Waals surface area contributed by atoms with Gasteiger partial charge in [0.15, 0.2) is 43.5 Å². The molecule has 0 radical (unpaired) electrons. The van der Waals surface area contributed by atoms with Gasteiger partial charge in [-0.25, -0.2) is 0 Å². The van der Waals surface area contributed by atoms with E-state index in [1.165, 1.54) is 0 Å². The van der Waals surface area contributed by atoms with Crippen molar-refractivity contribution in [3.8, 4) is 0 Å². The summed E-state index contributed by atoms with van der Waals surface area (Å²) in [6, 6.07) is 2.38. The third kappa shape index (κ3) is 14.8. The van der Waals surface area contributed by atoms with Crippen LogP contribution in [0.15, 0.2) is 55.9 Å². The van der Waals surface area contributed by atoms with E-state index in [-0.39, 0.29) is 6.61 Å². The molecule has 4 heterocycles. The normalized spacial score (nSPS) is 35.1. The number of ether oxygens (including phenoxy) is 14. The Labute approximate surface area is 434 Å². The Morgan fingerprint density at radius 1 is 0.519 bits per heavy atom. The highest BCUT2D eigenvalue weighted by Crippen LogP contribution is 2.42. The standard InChI is InChI=1S/C42H51N15O20/c1-16(58)64-14-26-34(76-40-28(51-56-46)35(68-19(4)61)32(67-18(3)60)25(71-40)13-48-53-43)38(70-21(6)63)42(73-26)77-37-30(66-17(2)59)23(49-54-44)12-24(50-55-45)31(37)74-41-29(52-57-47)36(69-20(5)62)33-27(72-41)15-65-39(75-33)22-10-8-7-9-11-22/h7-11,23-42H,12-15H2,1-6H3. The summed E-state index contributed by atoms with van der Waals surface area (Å²) in [5, 5.41) is 18.8. The van der Waals surface area contributed by atoms with Crippen LogP contribution in [0.4, 0.5) is 0 Å². The molecule has 35 nitrogen and oxygen atoms in total. The Morgan fingerprint density at radius 3 is 1.61 bits per heavy atom. The van der Waals surface area contributed by atoms with E-state index in [1.54, 1.807) is 30.3 Å². The van der Waals surface area contributed by atoms with Crippen LogP contribution in [0.5, 0.6) is 0 Å². The van der Waals surface area contributed by atoms with Crippen molar-refractivity contribution in [1.29, 1.82) is 0 Å². The molecule has 20 unspecified atom stereocenters. The Balaban J connectivity index is 1.45. The molecule has 1 aromatic carbocycles. The summed E-state index contributed by atoms with van der Waals surface area (Å²) >= 11 is 0. The fourth-order valence-electron chi connectivity index (χ4n) is 9.31. The fraction of sp³-hybridized carbons (Fsp3) is 0.714. The smallest absolute Gasteiger partial charge is 0.303 e. The number of fused-ring (bicyclic) bond motifs is 1. The van der Waals surface area contributed by atoms with Gasteiger partial charge in [0, 0.05) is 71.7 Å². The van der Waals surface area contributed by atoms with Crippen molar-refractivity contribution in [2.45, 2.75) is 171 Å². The number of carbonyl (C=O) groups is 6. The monoisotopic (exact) mass is 1090 g/mol. The Hall–Kier alpha value is -7.73. The molecule has 35 heteroatoms. The zero-order chi connectivity index (χ0) is 55.9. The molecule has 0 N–H and O–H groups in total. The minimum absolute atomic E-state index is 0.223. The molecule has 20 atom stereocenters. The largest absolute Gasteiger partial charge is 0.463 e. The second-order valence-corrected chi connectivity index (χ2v) is 17.4. The Morgan fingerprint density at radius 2 is 1.03 bits per heavy atom. The molecule has 5 fully saturated rings. The quantitative estimate of drug-likeness (QED) is 0.0583. The van der Waals surface area contributed by atoms with Crippen LogP contribution in [0.25, 0.3) is 52.2 Å². The van der Waals surface area contributed by atoms with E-state index in [4.69, 9.17) is 66.3 Å². The molecule has 0 amide bonds. The summed E-state index contributed by atoms with van der Waals surface area (Å²) < 4.78 is 84.0. The van der Waals surface area contributed by atoms with Crippen LogP contribution < -0.4 is 0 Å². The van der Waals surface area contributed by atoms with Crippen LogP contribution in [-0.2, 0) is 95.1 Å². The molecule has 4 aliphatic heterocycles. The van der Waals surface area contributed by atoms with Crippen molar-refractivity contribution in [3.05, 3.63) is 88.1 Å². The lowest BCUT2D eigenvalue weighted by molar-refractivity contribution is -0.356. The zero-order valence-corrected chi connectivity index (χ0v) is 41.6. The van der Waals surface area contributed by atoms with Crippen LogP contribution >= 0.6 is 0 Å². The number of rotatable bonds is 20. The summed E-state index contributed by atoms with van der Waals surface area (Å²) in [6.45, 7) is 4.55. The number of benzene rings is 1. The van der Waals surface area contributed by atoms with E-state index < -0.39 is 178 Å². The molecule has 0 spiro atoms. The Kier molecular flexibility index (Phi) is 20.8. The van der Waals surface area contributed by atoms with E-state index in [0.29, 0.717) is 5.56 Å². The first-order chi connectivity index (χ1) is 36.9. The van der Waals surface area contributed by atoms with E-state index in [1.807, 2.05) is 0 Å². The minimum atomic E-state index is -1.98. The number of azide groups is 5. The maximum atomic E-state index is 13.1. The van der Waals surface area contributed by atoms with Crippen molar-refractivity contribution < 1.29 is 95.1 Å². The van der Waals surface area contributed by atoms with E-state index in [9.17, 15) is 56.4 Å². The second kappa shape index (κ2) is 27.4. The van der Waals surface area contributed by atoms with Gasteiger partial charge in [0.05, 0.1) is 31.3 Å². The topological polar surface area (TPSA) is 475 Å². The van der Waals surface area contributed by atoms with Gasteiger partial charge >= 0.3 is 35.8 Å². The number of nitrogens with zero attached hydrogens (tertiary/aromatic N) is 15. The second-order valence-electron chi connectivity index (χ2n) is 17.4. The summed E-state index contributed by atoms with van der Waals surface area (Å²) in [6.07, 6.45) is -26.2. The fourth-order valence-corrected chi connectivity index (χ4v) is 9.31. The highest BCUT2D eigenvalue weighted by Gasteiger charge is 2.60. The number of hydrogen-bond acceptors (Lipinski definition) is 25. The van der Waals surface area contributed by atoms with Gasteiger partial charge < -0.3 is 66.3 Å². The summed E-state index contributed by atoms with van der Waals surface area (Å²) in [5.74, 6) is -5.60. The average Bonchev–Trinajstić information content (AvgIpc) is 3.69. The predicted molar refractivity (Wildman–Crippen MR) is 245 cm³/mol. The Bertz CT molecular complexity index is 2580. The molecule has 1 aliphatic carbocycles. The van der Waals surface area contributed by atoms with Crippen LogP contribution in [0.3, 0.4) is 0 Å². The molecule has 0 aromatic heterocycles. The zero-order valence-electron chi connectivity index (χ0n) is 41.6. The van der Waals surface area contributed by atoms with Gasteiger partial charge in [-0.2, -0.15) is 0 Å². The van der Waals surface area contributed by atoms with Crippen LogP contribution in [0.1, 0.15) is 59.8 Å². The molecule has 1 aromatic rings. The van der Waals surface area contributed by atoms with Gasteiger partial charge in [0.25, 0.3) is 0 Å². The average molecular weight is 1090 g/mol. The summed E-state index contributed by atoms with van der Waals surface area (Å²) in [7, 11) is 0. The van der Waals surface area contributed by atoms with Crippen molar-refractivity contribution in [2.24, 2.45) is 25.6 Å². The van der Waals surface area contributed by atoms with Gasteiger partial charge in [0.2, 0.25) is 0 Å². The van der Waals surface area contributed by atoms with Crippen molar-refractivity contribution in [3.63, 3.8) is 0 Å². The van der Waals surface area contributed by atoms with E-state index >= 15 is 0 Å². The van der Waals surface area contributed by atoms with Crippen LogP contribution in [0.2, 0.25) is 0 Å². The molecule has 5 aliphatic rings. The van der Waals surface area contributed by atoms with Crippen molar-refractivity contribution >= 4 is 35.8 Å². The first-order valence-electron chi connectivity index (χ1n) is 23.3. The molecular formula is C42H51N15O20. The first kappa shape index (κ1) is 58.5. The minimum Gasteiger partial charge on any atom is -0.463 e. The predicted octanol–water partition coefficient (Wildman–Crippen LogP) is 4.08. The van der Waals surface area contributed by atoms with Crippen molar-refractivity contribution in [1.82, 2.24) is 0 Å². The third-order valence-corrected chi connectivity index (χ3v) is 12.1. The molecule has 77 heavy (non-hydrogen) atoms. The lowest BCUT2D eigenvalue weighted by Gasteiger charge is -2.50. The number of carbonyl (C=O) groups excluding carboxylic acids is 6. The molecule has 4 saturated heterocycles. The summed E-state index contributed by atoms with van der Waals surface area (Å²) in [4.78, 5) is 90.3. The lowest BCUT2D eigenvalue weighted by atomic mass is 9.83. The van der Waals surface area contributed by atoms with Crippen LogP contribution in [0, 0.1) is 0 Å². The lowest BCUT2D eigenvalue weighted by Crippen LogP contribution is -2.65. The molecular weight excluding hydrogens is 1030 g/mol. The van der Waals surface area contributed by atoms with Crippen LogP contribution in [-0.4, -0.2) is 172 Å². The number of hydrogen-bond donors (Lipinski definition) is 0. The van der Waals surface area contributed by atoms with E-state index in [2.05, 4.69) is 50.1 Å². The molecule has 1 saturated carbocycles. The maximum Gasteiger partial charge on any atom is 0.303 e. The summed E-state index contributed by atoms with van der Waals surface area (Å²) in [5.41, 5.74) is 49.2. The van der Waals surface area contributed by atoms with Gasteiger partial charge in [-0.15, -0.1) is 0 Å². The van der Waals surface area contributed by atoms with Gasteiger partial charge in [-0.05, 0) is 34.1 Å². The SMILES string of the molecule is CC(=O)OCC1OC(OC2C(OC(C)=O)C(N=[N+]=[N-])CC(N=[N+]=[N-])C2OC2OC3COC(c4ccccc4)OC3C(OC(C)=O)C2N=[N+]=[N-])C(OC(C)=O)C1OC1OC(CN=[N+]=[N-])C(OC(C)=O)C(OC(C)=O)C1N=[N+]=[N-]. The first-order valence-corrected chi connectivity index (χ1v) is 23.3. The van der Waals surface area contributed by atoms with Gasteiger partial charge in [-0.1, -0.05) is 55.9 Å². The maximum absolute atomic E-state index is 13.1. The third-order valence-electron chi connectivity index (χ3n) is 12.1. The highest BCUT2D eigenvalue weighted by molar-refractivity contribution is 5.68. The van der Waals surface area contributed by atoms with E-state index in [0.717, 1.165) is 41.5 Å². The van der Waals surface area contributed by atoms with Crippen molar-refractivity contribution in [2.75, 3.05) is 19.8 Å². The molecule has 414 valence electrons. The van der Waals surface area contributed by atoms with Gasteiger partial charge in [-0.3, -0.25) is 28.8 Å². The number of esters is 6. The molecule has 0 bridgehead atoms. The highest BCUT2D eigenvalue weighted by atomic mass is 16.8.